The molecule has 0 amide bonds. The van der Waals surface area contributed by atoms with Gasteiger partial charge in [0, 0.05) is 28.1 Å². The van der Waals surface area contributed by atoms with E-state index in [-0.39, 0.29) is 0 Å². The Bertz CT molecular complexity index is 2440. The molecule has 0 spiro atoms. The molecule has 0 N–H and O–H groups in total. The maximum absolute atomic E-state index is 5.30. The minimum absolute atomic E-state index is 0.842. The summed E-state index contributed by atoms with van der Waals surface area (Å²) < 4.78 is 0. The van der Waals surface area contributed by atoms with Crippen LogP contribution in [0.1, 0.15) is 33.6 Å². The molecule has 0 saturated heterocycles. The van der Waals surface area contributed by atoms with E-state index >= 15 is 0 Å². The summed E-state index contributed by atoms with van der Waals surface area (Å²) in [5, 5.41) is 0. The number of pyridine rings is 1. The second-order valence-electron chi connectivity index (χ2n) is 12.5. The fraction of sp³-hybridized carbons (Fsp3) is 0.0426. The van der Waals surface area contributed by atoms with Gasteiger partial charge in [-0.05, 0) is 83.1 Å². The SMILES string of the molecule is Cc1ccc(-c2cccc(-c3nc4ccccc4nc3-c3cccc(C(=C(c4ccccc4)c4ccccc4)c4ccccc4)c3)c2)c(C)n1. The van der Waals surface area contributed by atoms with Gasteiger partial charge < -0.3 is 0 Å². The van der Waals surface area contributed by atoms with Gasteiger partial charge in [0.15, 0.2) is 0 Å². The van der Waals surface area contributed by atoms with Gasteiger partial charge >= 0.3 is 0 Å². The first-order valence-corrected chi connectivity index (χ1v) is 17.0. The highest BCUT2D eigenvalue weighted by atomic mass is 14.8. The Morgan fingerprint density at radius 2 is 0.800 bits per heavy atom. The van der Waals surface area contributed by atoms with Crippen LogP contribution >= 0.6 is 0 Å². The maximum atomic E-state index is 5.30. The van der Waals surface area contributed by atoms with Crippen LogP contribution in [-0.2, 0) is 0 Å². The predicted octanol–water partition coefficient (Wildman–Crippen LogP) is 11.7. The van der Waals surface area contributed by atoms with Gasteiger partial charge in [-0.15, -0.1) is 0 Å². The van der Waals surface area contributed by atoms with Crippen LogP contribution in [0.4, 0.5) is 0 Å². The number of para-hydroxylation sites is 2. The molecule has 0 aliphatic carbocycles. The standard InChI is InChI=1S/C47H35N3/c1-32-28-29-41(33(2)48-32)37-22-14-24-39(30-37)46-47(50-43-27-13-12-26-42(43)49-46)40-25-15-23-38(31-40)45(36-20-10-5-11-21-36)44(34-16-6-3-7-17-34)35-18-8-4-9-19-35/h3-31H,1-2H3. The number of nitrogens with zero attached hydrogens (tertiary/aromatic N) is 3. The molecular weight excluding hydrogens is 607 g/mol. The van der Waals surface area contributed by atoms with Crippen molar-refractivity contribution in [2.24, 2.45) is 0 Å². The van der Waals surface area contributed by atoms with Crippen molar-refractivity contribution in [3.05, 3.63) is 210 Å². The van der Waals surface area contributed by atoms with Crippen LogP contribution in [0.25, 0.3) is 55.8 Å². The number of hydrogen-bond acceptors (Lipinski definition) is 3. The normalized spacial score (nSPS) is 11.0. The van der Waals surface area contributed by atoms with Crippen LogP contribution in [0.15, 0.2) is 176 Å². The fourth-order valence-corrected chi connectivity index (χ4v) is 6.78. The molecule has 2 heterocycles. The number of rotatable bonds is 7. The average molecular weight is 642 g/mol. The maximum Gasteiger partial charge on any atom is 0.0973 e. The summed E-state index contributed by atoms with van der Waals surface area (Å²) in [5.74, 6) is 0. The lowest BCUT2D eigenvalue weighted by Gasteiger charge is -2.19. The van der Waals surface area contributed by atoms with Gasteiger partial charge in [-0.1, -0.05) is 146 Å². The first kappa shape index (κ1) is 30.9. The molecule has 238 valence electrons. The highest BCUT2D eigenvalue weighted by Crippen LogP contribution is 2.39. The molecular formula is C47H35N3. The van der Waals surface area contributed by atoms with Crippen molar-refractivity contribution in [3.63, 3.8) is 0 Å². The van der Waals surface area contributed by atoms with Gasteiger partial charge in [0.1, 0.15) is 0 Å². The minimum Gasteiger partial charge on any atom is -0.258 e. The lowest BCUT2D eigenvalue weighted by atomic mass is 9.85. The van der Waals surface area contributed by atoms with E-state index in [0.29, 0.717) is 0 Å². The highest BCUT2D eigenvalue weighted by molar-refractivity contribution is 6.05. The smallest absolute Gasteiger partial charge is 0.0973 e. The van der Waals surface area contributed by atoms with Crippen molar-refractivity contribution in [2.75, 3.05) is 0 Å². The third-order valence-corrected chi connectivity index (χ3v) is 9.10. The third-order valence-electron chi connectivity index (χ3n) is 9.10. The van der Waals surface area contributed by atoms with Crippen molar-refractivity contribution < 1.29 is 0 Å². The van der Waals surface area contributed by atoms with Crippen molar-refractivity contribution in [1.82, 2.24) is 15.0 Å². The van der Waals surface area contributed by atoms with Gasteiger partial charge in [-0.3, -0.25) is 4.98 Å². The van der Waals surface area contributed by atoms with Crippen LogP contribution in [0.5, 0.6) is 0 Å². The lowest BCUT2D eigenvalue weighted by molar-refractivity contribution is 1.13. The Hall–Kier alpha value is -6.45. The molecule has 0 bridgehead atoms. The summed E-state index contributed by atoms with van der Waals surface area (Å²) in [4.78, 5) is 15.3. The first-order valence-electron chi connectivity index (χ1n) is 17.0. The van der Waals surface area contributed by atoms with E-state index in [2.05, 4.69) is 159 Å². The van der Waals surface area contributed by atoms with Gasteiger partial charge in [0.2, 0.25) is 0 Å². The van der Waals surface area contributed by atoms with Crippen molar-refractivity contribution in [1.29, 1.82) is 0 Å². The molecule has 0 atom stereocenters. The van der Waals surface area contributed by atoms with Crippen molar-refractivity contribution >= 4 is 22.2 Å². The zero-order chi connectivity index (χ0) is 33.9. The highest BCUT2D eigenvalue weighted by Gasteiger charge is 2.19. The largest absolute Gasteiger partial charge is 0.258 e. The van der Waals surface area contributed by atoms with E-state index in [9.17, 15) is 0 Å². The van der Waals surface area contributed by atoms with E-state index in [4.69, 9.17) is 15.0 Å². The number of aromatic nitrogens is 3. The molecule has 0 fully saturated rings. The number of benzene rings is 6. The van der Waals surface area contributed by atoms with E-state index < -0.39 is 0 Å². The molecule has 0 unspecified atom stereocenters. The lowest BCUT2D eigenvalue weighted by Crippen LogP contribution is -1.99. The summed E-state index contributed by atoms with van der Waals surface area (Å²) in [6.45, 7) is 4.10. The van der Waals surface area contributed by atoms with E-state index in [0.717, 1.165) is 83.9 Å². The van der Waals surface area contributed by atoms with Gasteiger partial charge in [0.25, 0.3) is 0 Å². The average Bonchev–Trinajstić information content (AvgIpc) is 3.17. The fourth-order valence-electron chi connectivity index (χ4n) is 6.78. The Morgan fingerprint density at radius 1 is 0.360 bits per heavy atom. The molecule has 8 aromatic rings. The molecule has 3 heteroatoms. The second kappa shape index (κ2) is 13.6. The van der Waals surface area contributed by atoms with Crippen LogP contribution in [0.3, 0.4) is 0 Å². The Balaban J connectivity index is 1.36. The zero-order valence-electron chi connectivity index (χ0n) is 28.1. The zero-order valence-corrected chi connectivity index (χ0v) is 28.1. The molecule has 0 aliphatic heterocycles. The molecule has 0 saturated carbocycles. The summed E-state index contributed by atoms with van der Waals surface area (Å²) >= 11 is 0. The van der Waals surface area contributed by atoms with Crippen LogP contribution in [-0.4, -0.2) is 15.0 Å². The number of fused-ring (bicyclic) bond motifs is 1. The third kappa shape index (κ3) is 6.13. The first-order chi connectivity index (χ1) is 24.6. The van der Waals surface area contributed by atoms with E-state index in [1.54, 1.807) is 0 Å². The number of hydrogen-bond donors (Lipinski definition) is 0. The molecule has 0 radical (unpaired) electrons. The molecule has 0 aliphatic rings. The van der Waals surface area contributed by atoms with Gasteiger partial charge in [-0.25, -0.2) is 9.97 Å². The Morgan fingerprint density at radius 3 is 1.34 bits per heavy atom. The van der Waals surface area contributed by atoms with E-state index in [1.807, 2.05) is 31.2 Å². The second-order valence-corrected chi connectivity index (χ2v) is 12.5. The minimum atomic E-state index is 0.842. The van der Waals surface area contributed by atoms with Gasteiger partial charge in [0.05, 0.1) is 22.4 Å². The topological polar surface area (TPSA) is 38.7 Å². The van der Waals surface area contributed by atoms with Crippen molar-refractivity contribution in [2.45, 2.75) is 13.8 Å². The Labute approximate surface area is 293 Å². The predicted molar refractivity (Wildman–Crippen MR) is 207 cm³/mol. The quantitative estimate of drug-likeness (QED) is 0.163. The molecule has 6 aromatic carbocycles. The summed E-state index contributed by atoms with van der Waals surface area (Å²) in [6, 6.07) is 61.7. The summed E-state index contributed by atoms with van der Waals surface area (Å²) in [5.41, 5.74) is 16.6. The van der Waals surface area contributed by atoms with Gasteiger partial charge in [-0.2, -0.15) is 0 Å². The van der Waals surface area contributed by atoms with E-state index in [1.165, 1.54) is 5.57 Å². The molecule has 8 rings (SSSR count). The van der Waals surface area contributed by atoms with Crippen LogP contribution in [0.2, 0.25) is 0 Å². The number of aryl methyl sites for hydroxylation is 2. The van der Waals surface area contributed by atoms with Crippen molar-refractivity contribution in [3.8, 4) is 33.6 Å². The van der Waals surface area contributed by atoms with Crippen LogP contribution in [0, 0.1) is 13.8 Å². The van der Waals surface area contributed by atoms with Crippen LogP contribution < -0.4 is 0 Å². The molecule has 3 nitrogen and oxygen atoms in total. The Kier molecular flexibility index (Phi) is 8.38. The molecule has 2 aromatic heterocycles. The monoisotopic (exact) mass is 641 g/mol. The summed E-state index contributed by atoms with van der Waals surface area (Å²) in [7, 11) is 0. The summed E-state index contributed by atoms with van der Waals surface area (Å²) in [6.07, 6.45) is 0. The molecule has 50 heavy (non-hydrogen) atoms.